The van der Waals surface area contributed by atoms with Gasteiger partial charge in [0.15, 0.2) is 0 Å². The van der Waals surface area contributed by atoms with Crippen molar-refractivity contribution in [2.45, 2.75) is 39.5 Å². The van der Waals surface area contributed by atoms with Gasteiger partial charge in [-0.05, 0) is 11.8 Å². The van der Waals surface area contributed by atoms with Crippen LogP contribution in [0.3, 0.4) is 0 Å². The summed E-state index contributed by atoms with van der Waals surface area (Å²) in [5, 5.41) is 10.9. The first kappa shape index (κ1) is 8.24. The quantitative estimate of drug-likeness (QED) is 0.706. The highest BCUT2D eigenvalue weighted by Gasteiger charge is 2.13. The number of nitrogens with zero attached hydrogens (tertiary/aromatic N) is 2. The Morgan fingerprint density at radius 2 is 1.27 bits per heavy atom. The topological polar surface area (TPSA) is 41.6 Å². The van der Waals surface area contributed by atoms with Gasteiger partial charge in [0.1, 0.15) is 0 Å². The molecule has 3 heteroatoms. The Labute approximate surface area is 67.2 Å². The zero-order chi connectivity index (χ0) is 8.43. The van der Waals surface area contributed by atoms with Gasteiger partial charge in [-0.3, -0.25) is 0 Å². The molecule has 11 heavy (non-hydrogen) atoms. The molecule has 62 valence electrons. The first-order valence-electron chi connectivity index (χ1n) is 4.03. The molecule has 1 rings (SSSR count). The van der Waals surface area contributed by atoms with Gasteiger partial charge in [-0.25, -0.2) is 0 Å². The molecule has 1 N–H and O–H groups in total. The van der Waals surface area contributed by atoms with Gasteiger partial charge in [0.05, 0.1) is 11.4 Å². The minimum absolute atomic E-state index is 0.464. The second-order valence-corrected chi connectivity index (χ2v) is 3.40. The Balaban J connectivity index is 2.96. The largest absolute Gasteiger partial charge is 0.197 e. The second kappa shape index (κ2) is 3.03. The molecule has 0 atom stereocenters. The lowest BCUT2D eigenvalue weighted by molar-refractivity contribution is 0.759. The summed E-state index contributed by atoms with van der Waals surface area (Å²) >= 11 is 0. The van der Waals surface area contributed by atoms with Crippen LogP contribution in [0.2, 0.25) is 0 Å². The third-order valence-corrected chi connectivity index (χ3v) is 1.70. The van der Waals surface area contributed by atoms with Gasteiger partial charge in [-0.2, -0.15) is 15.4 Å². The van der Waals surface area contributed by atoms with E-state index in [1.165, 1.54) is 0 Å². The Morgan fingerprint density at radius 1 is 0.909 bits per heavy atom. The fraction of sp³-hybridized carbons (Fsp3) is 0.750. The maximum Gasteiger partial charge on any atom is 0.0884 e. The first-order chi connectivity index (χ1) is 5.13. The summed E-state index contributed by atoms with van der Waals surface area (Å²) in [6.07, 6.45) is 0. The summed E-state index contributed by atoms with van der Waals surface area (Å²) in [4.78, 5) is 0. The van der Waals surface area contributed by atoms with Crippen molar-refractivity contribution in [3.05, 3.63) is 11.4 Å². The third-order valence-electron chi connectivity index (χ3n) is 1.70. The molecule has 1 aromatic heterocycles. The van der Waals surface area contributed by atoms with Crippen LogP contribution in [0.15, 0.2) is 0 Å². The molecule has 0 aromatic carbocycles. The van der Waals surface area contributed by atoms with Crippen LogP contribution < -0.4 is 0 Å². The molecule has 0 saturated carbocycles. The van der Waals surface area contributed by atoms with E-state index in [1.54, 1.807) is 0 Å². The molecule has 0 aliphatic carbocycles. The summed E-state index contributed by atoms with van der Waals surface area (Å²) in [5.74, 6) is 0.928. The monoisotopic (exact) mass is 153 g/mol. The lowest BCUT2D eigenvalue weighted by Gasteiger charge is -2.04. The molecule has 3 nitrogen and oxygen atoms in total. The average Bonchev–Trinajstić information content (AvgIpc) is 2.32. The van der Waals surface area contributed by atoms with Gasteiger partial charge >= 0.3 is 0 Å². The molecular formula is C8H15N3. The molecule has 0 saturated heterocycles. The number of hydrogen-bond donors (Lipinski definition) is 1. The summed E-state index contributed by atoms with van der Waals surface area (Å²) in [5.41, 5.74) is 2.19. The van der Waals surface area contributed by atoms with E-state index in [2.05, 4.69) is 43.1 Å². The zero-order valence-corrected chi connectivity index (χ0v) is 7.55. The van der Waals surface area contributed by atoms with E-state index >= 15 is 0 Å². The second-order valence-electron chi connectivity index (χ2n) is 3.40. The molecule has 0 aliphatic heterocycles. The molecule has 0 aliphatic rings. The zero-order valence-electron chi connectivity index (χ0n) is 7.55. The van der Waals surface area contributed by atoms with Gasteiger partial charge in [-0.15, -0.1) is 0 Å². The van der Waals surface area contributed by atoms with E-state index in [-0.39, 0.29) is 0 Å². The number of aromatic amines is 1. The van der Waals surface area contributed by atoms with E-state index in [4.69, 9.17) is 0 Å². The molecule has 0 spiro atoms. The molecule has 0 fully saturated rings. The summed E-state index contributed by atoms with van der Waals surface area (Å²) in [7, 11) is 0. The third kappa shape index (κ3) is 1.59. The first-order valence-corrected chi connectivity index (χ1v) is 4.03. The van der Waals surface area contributed by atoms with Crippen molar-refractivity contribution in [2.24, 2.45) is 0 Å². The van der Waals surface area contributed by atoms with Gasteiger partial charge in [0, 0.05) is 0 Å². The standard InChI is InChI=1S/C8H15N3/c1-5(2)7-8(6(3)4)10-11-9-7/h5-6H,1-4H3,(H,9,10,11). The molecule has 0 amide bonds. The van der Waals surface area contributed by atoms with Crippen LogP contribution in [0.25, 0.3) is 0 Å². The molecule has 0 radical (unpaired) electrons. The molecular weight excluding hydrogens is 138 g/mol. The number of aromatic nitrogens is 3. The van der Waals surface area contributed by atoms with Crippen LogP contribution in [-0.2, 0) is 0 Å². The van der Waals surface area contributed by atoms with Crippen molar-refractivity contribution in [2.75, 3.05) is 0 Å². The van der Waals surface area contributed by atoms with Crippen LogP contribution >= 0.6 is 0 Å². The predicted molar refractivity (Wildman–Crippen MR) is 44.6 cm³/mol. The number of H-pyrrole nitrogens is 1. The van der Waals surface area contributed by atoms with Crippen LogP contribution in [0, 0.1) is 0 Å². The fourth-order valence-corrected chi connectivity index (χ4v) is 1.10. The van der Waals surface area contributed by atoms with Crippen LogP contribution in [-0.4, -0.2) is 15.4 Å². The van der Waals surface area contributed by atoms with Crippen molar-refractivity contribution in [1.29, 1.82) is 0 Å². The van der Waals surface area contributed by atoms with E-state index < -0.39 is 0 Å². The normalized spacial score (nSPS) is 11.5. The van der Waals surface area contributed by atoms with Gasteiger partial charge < -0.3 is 0 Å². The molecule has 0 bridgehead atoms. The van der Waals surface area contributed by atoms with E-state index in [1.807, 2.05) is 0 Å². The van der Waals surface area contributed by atoms with Crippen molar-refractivity contribution in [1.82, 2.24) is 15.4 Å². The minimum Gasteiger partial charge on any atom is -0.197 e. The number of hydrogen-bond acceptors (Lipinski definition) is 2. The van der Waals surface area contributed by atoms with Crippen molar-refractivity contribution in [3.63, 3.8) is 0 Å². The fourth-order valence-electron chi connectivity index (χ4n) is 1.10. The van der Waals surface area contributed by atoms with E-state index in [0.717, 1.165) is 11.4 Å². The predicted octanol–water partition coefficient (Wildman–Crippen LogP) is 2.05. The van der Waals surface area contributed by atoms with Gasteiger partial charge in [-0.1, -0.05) is 27.7 Å². The maximum absolute atomic E-state index is 4.10. The van der Waals surface area contributed by atoms with Gasteiger partial charge in [0.2, 0.25) is 0 Å². The summed E-state index contributed by atoms with van der Waals surface area (Å²) in [6.45, 7) is 8.51. The van der Waals surface area contributed by atoms with Crippen LogP contribution in [0.5, 0.6) is 0 Å². The molecule has 1 aromatic rings. The Hall–Kier alpha value is -0.860. The Bertz CT molecular complexity index is 202. The number of rotatable bonds is 2. The lowest BCUT2D eigenvalue weighted by atomic mass is 10.0. The maximum atomic E-state index is 4.10. The average molecular weight is 153 g/mol. The Kier molecular flexibility index (Phi) is 2.27. The minimum atomic E-state index is 0.464. The highest BCUT2D eigenvalue weighted by Crippen LogP contribution is 2.20. The number of nitrogens with one attached hydrogen (secondary N) is 1. The van der Waals surface area contributed by atoms with Crippen LogP contribution in [0.1, 0.15) is 50.9 Å². The summed E-state index contributed by atoms with van der Waals surface area (Å²) in [6, 6.07) is 0. The van der Waals surface area contributed by atoms with Gasteiger partial charge in [0.25, 0.3) is 0 Å². The van der Waals surface area contributed by atoms with E-state index in [0.29, 0.717) is 11.8 Å². The molecule has 1 heterocycles. The van der Waals surface area contributed by atoms with E-state index in [9.17, 15) is 0 Å². The SMILES string of the molecule is CC(C)c1n[nH]nc1C(C)C. The molecule has 0 unspecified atom stereocenters. The smallest absolute Gasteiger partial charge is 0.0884 e. The highest BCUT2D eigenvalue weighted by atomic mass is 15.3. The Morgan fingerprint density at radius 3 is 1.55 bits per heavy atom. The lowest BCUT2D eigenvalue weighted by Crippen LogP contribution is -1.96. The highest BCUT2D eigenvalue weighted by molar-refractivity contribution is 5.15. The van der Waals surface area contributed by atoms with Crippen molar-refractivity contribution < 1.29 is 0 Å². The van der Waals surface area contributed by atoms with Crippen molar-refractivity contribution >= 4 is 0 Å². The summed E-state index contributed by atoms with van der Waals surface area (Å²) < 4.78 is 0. The van der Waals surface area contributed by atoms with Crippen LogP contribution in [0.4, 0.5) is 0 Å². The van der Waals surface area contributed by atoms with Crippen molar-refractivity contribution in [3.8, 4) is 0 Å².